The van der Waals surface area contributed by atoms with Crippen LogP contribution in [0.1, 0.15) is 22.8 Å². The largest absolute Gasteiger partial charge is 0.493 e. The summed E-state index contributed by atoms with van der Waals surface area (Å²) in [6.07, 6.45) is 1.44. The van der Waals surface area contributed by atoms with E-state index in [1.54, 1.807) is 36.4 Å². The van der Waals surface area contributed by atoms with E-state index in [4.69, 9.17) is 32.7 Å². The summed E-state index contributed by atoms with van der Waals surface area (Å²) < 4.78 is 10.7. The minimum absolute atomic E-state index is 0.349. The number of carbonyl (C=O) groups excluding carboxylic acids is 1. The standard InChI is InChI=1S/C17H16Cl2N2O3/c1-3-24-16-8-12(14(19)9-15(16)23-2)10-20-21-17(22)11-4-6-13(18)7-5-11/h4-10H,3H2,1-2H3,(H,21,22)/b20-10-. The van der Waals surface area contributed by atoms with Gasteiger partial charge in [0.05, 0.1) is 25.0 Å². The lowest BCUT2D eigenvalue weighted by molar-refractivity contribution is 0.0955. The molecule has 0 aliphatic heterocycles. The number of nitrogens with zero attached hydrogens (tertiary/aromatic N) is 1. The van der Waals surface area contributed by atoms with Crippen LogP contribution in [0.3, 0.4) is 0 Å². The topological polar surface area (TPSA) is 59.9 Å². The van der Waals surface area contributed by atoms with Gasteiger partial charge in [-0.25, -0.2) is 5.43 Å². The molecular weight excluding hydrogens is 351 g/mol. The molecule has 0 atom stereocenters. The number of carbonyl (C=O) groups is 1. The van der Waals surface area contributed by atoms with Crippen LogP contribution in [0.15, 0.2) is 41.5 Å². The number of ether oxygens (including phenoxy) is 2. The van der Waals surface area contributed by atoms with Gasteiger partial charge in [0.15, 0.2) is 11.5 Å². The van der Waals surface area contributed by atoms with Gasteiger partial charge in [0, 0.05) is 22.2 Å². The molecule has 0 aliphatic carbocycles. The molecular formula is C17H16Cl2N2O3. The molecule has 1 N–H and O–H groups in total. The molecule has 0 aromatic heterocycles. The van der Waals surface area contributed by atoms with Gasteiger partial charge in [0.2, 0.25) is 0 Å². The maximum atomic E-state index is 12.0. The first kappa shape index (κ1) is 18.1. The molecule has 0 aliphatic rings. The number of benzene rings is 2. The normalized spacial score (nSPS) is 10.7. The number of hydrogen-bond acceptors (Lipinski definition) is 4. The molecule has 126 valence electrons. The fourth-order valence-electron chi connectivity index (χ4n) is 1.90. The third-order valence-corrected chi connectivity index (χ3v) is 3.64. The number of rotatable bonds is 6. The lowest BCUT2D eigenvalue weighted by Crippen LogP contribution is -2.17. The molecule has 0 saturated carbocycles. The lowest BCUT2D eigenvalue weighted by Gasteiger charge is -2.11. The summed E-state index contributed by atoms with van der Waals surface area (Å²) in [5.74, 6) is 0.733. The van der Waals surface area contributed by atoms with Gasteiger partial charge in [-0.05, 0) is 37.3 Å². The maximum absolute atomic E-state index is 12.0. The summed E-state index contributed by atoms with van der Waals surface area (Å²) in [5, 5.41) is 4.91. The van der Waals surface area contributed by atoms with E-state index in [1.807, 2.05) is 6.92 Å². The van der Waals surface area contributed by atoms with Crippen molar-refractivity contribution in [2.75, 3.05) is 13.7 Å². The third-order valence-electron chi connectivity index (χ3n) is 3.06. The van der Waals surface area contributed by atoms with Crippen molar-refractivity contribution in [1.29, 1.82) is 0 Å². The van der Waals surface area contributed by atoms with Gasteiger partial charge in [-0.2, -0.15) is 5.10 Å². The number of amides is 1. The van der Waals surface area contributed by atoms with Crippen LogP contribution < -0.4 is 14.9 Å². The average molecular weight is 367 g/mol. The first-order valence-electron chi connectivity index (χ1n) is 7.14. The summed E-state index contributed by atoms with van der Waals surface area (Å²) in [6.45, 7) is 2.36. The highest BCUT2D eigenvalue weighted by atomic mass is 35.5. The van der Waals surface area contributed by atoms with Gasteiger partial charge in [-0.1, -0.05) is 23.2 Å². The zero-order chi connectivity index (χ0) is 17.5. The first-order valence-corrected chi connectivity index (χ1v) is 7.90. The second-order valence-electron chi connectivity index (χ2n) is 4.66. The van der Waals surface area contributed by atoms with Crippen LogP contribution >= 0.6 is 23.2 Å². The van der Waals surface area contributed by atoms with Crippen molar-refractivity contribution in [1.82, 2.24) is 5.43 Å². The van der Waals surface area contributed by atoms with E-state index in [-0.39, 0.29) is 5.91 Å². The monoisotopic (exact) mass is 366 g/mol. The quantitative estimate of drug-likeness (QED) is 0.616. The van der Waals surface area contributed by atoms with Gasteiger partial charge in [-0.3, -0.25) is 4.79 Å². The van der Waals surface area contributed by atoms with Crippen molar-refractivity contribution in [3.05, 3.63) is 57.6 Å². The third kappa shape index (κ3) is 4.63. The van der Waals surface area contributed by atoms with Gasteiger partial charge in [0.25, 0.3) is 5.91 Å². The summed E-state index contributed by atoms with van der Waals surface area (Å²) in [6, 6.07) is 9.82. The minimum atomic E-state index is -0.349. The van der Waals surface area contributed by atoms with Crippen molar-refractivity contribution in [2.24, 2.45) is 5.10 Å². The van der Waals surface area contributed by atoms with Crippen molar-refractivity contribution in [2.45, 2.75) is 6.92 Å². The molecule has 5 nitrogen and oxygen atoms in total. The zero-order valence-corrected chi connectivity index (χ0v) is 14.7. The van der Waals surface area contributed by atoms with E-state index in [9.17, 15) is 4.79 Å². The molecule has 0 fully saturated rings. The number of methoxy groups -OCH3 is 1. The fraction of sp³-hybridized carbons (Fsp3) is 0.176. The molecule has 1 amide bonds. The molecule has 2 rings (SSSR count). The summed E-state index contributed by atoms with van der Waals surface area (Å²) in [5.41, 5.74) is 3.48. The molecule has 7 heteroatoms. The van der Waals surface area contributed by atoms with Crippen molar-refractivity contribution >= 4 is 35.3 Å². The van der Waals surface area contributed by atoms with Crippen LogP contribution in [0.2, 0.25) is 10.0 Å². The Hall–Kier alpha value is -2.24. The second kappa shape index (κ2) is 8.57. The number of hydrazone groups is 1. The first-order chi connectivity index (χ1) is 11.5. The number of halogens is 2. The zero-order valence-electron chi connectivity index (χ0n) is 13.2. The molecule has 0 radical (unpaired) electrons. The van der Waals surface area contributed by atoms with E-state index in [2.05, 4.69) is 10.5 Å². The van der Waals surface area contributed by atoms with Crippen LogP contribution in [-0.4, -0.2) is 25.8 Å². The van der Waals surface area contributed by atoms with Gasteiger partial charge in [-0.15, -0.1) is 0 Å². The minimum Gasteiger partial charge on any atom is -0.493 e. The van der Waals surface area contributed by atoms with E-state index < -0.39 is 0 Å². The number of hydrogen-bond donors (Lipinski definition) is 1. The molecule has 0 saturated heterocycles. The van der Waals surface area contributed by atoms with Gasteiger partial charge < -0.3 is 9.47 Å². The Morgan fingerprint density at radius 2 is 1.92 bits per heavy atom. The average Bonchev–Trinajstić information content (AvgIpc) is 2.58. The maximum Gasteiger partial charge on any atom is 0.271 e. The predicted molar refractivity (Wildman–Crippen MR) is 95.7 cm³/mol. The summed E-state index contributed by atoms with van der Waals surface area (Å²) in [7, 11) is 1.54. The molecule has 0 heterocycles. The van der Waals surface area contributed by atoms with Gasteiger partial charge in [0.1, 0.15) is 0 Å². The van der Waals surface area contributed by atoms with Crippen molar-refractivity contribution in [3.63, 3.8) is 0 Å². The highest BCUT2D eigenvalue weighted by molar-refractivity contribution is 6.33. The molecule has 2 aromatic carbocycles. The smallest absolute Gasteiger partial charge is 0.271 e. The Bertz CT molecular complexity index is 746. The van der Waals surface area contributed by atoms with Crippen molar-refractivity contribution < 1.29 is 14.3 Å². The Morgan fingerprint density at radius 3 is 2.54 bits per heavy atom. The molecule has 0 bridgehead atoms. The van der Waals surface area contributed by atoms with Gasteiger partial charge >= 0.3 is 0 Å². The van der Waals surface area contributed by atoms with E-state index in [0.717, 1.165) is 0 Å². The van der Waals surface area contributed by atoms with Crippen LogP contribution in [0.5, 0.6) is 11.5 Å². The summed E-state index contributed by atoms with van der Waals surface area (Å²) in [4.78, 5) is 12.0. The van der Waals surface area contributed by atoms with E-state index in [0.29, 0.717) is 39.3 Å². The number of nitrogens with one attached hydrogen (secondary N) is 1. The SMILES string of the molecule is CCOc1cc(/C=N\NC(=O)c2ccc(Cl)cc2)c(Cl)cc1OC. The highest BCUT2D eigenvalue weighted by Crippen LogP contribution is 2.32. The van der Waals surface area contributed by atoms with E-state index >= 15 is 0 Å². The van der Waals surface area contributed by atoms with Crippen LogP contribution in [0, 0.1) is 0 Å². The Morgan fingerprint density at radius 1 is 1.21 bits per heavy atom. The predicted octanol–water partition coefficient (Wildman–Crippen LogP) is 4.16. The molecule has 0 unspecified atom stereocenters. The van der Waals surface area contributed by atoms with Crippen molar-refractivity contribution in [3.8, 4) is 11.5 Å². The Kier molecular flexibility index (Phi) is 6.46. The Balaban J connectivity index is 2.12. The summed E-state index contributed by atoms with van der Waals surface area (Å²) >= 11 is 12.0. The highest BCUT2D eigenvalue weighted by Gasteiger charge is 2.09. The molecule has 24 heavy (non-hydrogen) atoms. The molecule has 2 aromatic rings. The fourth-order valence-corrected chi connectivity index (χ4v) is 2.23. The van der Waals surface area contributed by atoms with Crippen LogP contribution in [0.4, 0.5) is 0 Å². The van der Waals surface area contributed by atoms with Crippen LogP contribution in [0.25, 0.3) is 0 Å². The van der Waals surface area contributed by atoms with E-state index in [1.165, 1.54) is 13.3 Å². The molecule has 0 spiro atoms. The van der Waals surface area contributed by atoms with Crippen LogP contribution in [-0.2, 0) is 0 Å². The second-order valence-corrected chi connectivity index (χ2v) is 5.51. The Labute approximate surface area is 150 Å². The lowest BCUT2D eigenvalue weighted by atomic mass is 10.2.